The zero-order valence-electron chi connectivity index (χ0n) is 9.14. The minimum atomic E-state index is -0.263. The average Bonchev–Trinajstić information content (AvgIpc) is 2.51. The Balaban J connectivity index is 2.79. The molecule has 0 amide bonds. The lowest BCUT2D eigenvalue weighted by Crippen LogP contribution is -2.19. The van der Waals surface area contributed by atoms with Crippen LogP contribution in [0.15, 0.2) is 35.1 Å². The molecule has 0 aliphatic heterocycles. The van der Waals surface area contributed by atoms with Gasteiger partial charge in [0.05, 0.1) is 12.3 Å². The van der Waals surface area contributed by atoms with Crippen LogP contribution < -0.4 is 5.56 Å². The first kappa shape index (κ1) is 10.2. The molecule has 2 rings (SSSR count). The largest absolute Gasteiger partial charge is 0.297 e. The molecule has 0 fully saturated rings. The molecule has 0 bridgehead atoms. The second-order valence-corrected chi connectivity index (χ2v) is 3.52. The van der Waals surface area contributed by atoms with E-state index < -0.39 is 0 Å². The molecule has 4 heteroatoms. The highest BCUT2D eigenvalue weighted by Crippen LogP contribution is 2.15. The zero-order valence-corrected chi connectivity index (χ0v) is 9.14. The van der Waals surface area contributed by atoms with Gasteiger partial charge in [0.15, 0.2) is 0 Å². The SMILES string of the molecule is [C-]#[N+]c1c(C)n(C)n(-c2ccccc2)c1=O. The van der Waals surface area contributed by atoms with Crippen LogP contribution in [0, 0.1) is 13.5 Å². The summed E-state index contributed by atoms with van der Waals surface area (Å²) in [5.74, 6) is 0. The van der Waals surface area contributed by atoms with Crippen LogP contribution in [-0.2, 0) is 7.05 Å². The number of para-hydroxylation sites is 1. The maximum atomic E-state index is 12.0. The summed E-state index contributed by atoms with van der Waals surface area (Å²) in [5.41, 5.74) is 1.38. The molecule has 0 N–H and O–H groups in total. The highest BCUT2D eigenvalue weighted by atomic mass is 16.1. The number of benzene rings is 1. The Morgan fingerprint density at radius 3 is 2.38 bits per heavy atom. The predicted molar refractivity (Wildman–Crippen MR) is 62.0 cm³/mol. The van der Waals surface area contributed by atoms with Gasteiger partial charge in [-0.1, -0.05) is 18.2 Å². The van der Waals surface area contributed by atoms with Crippen molar-refractivity contribution in [1.82, 2.24) is 9.36 Å². The average molecular weight is 213 g/mol. The van der Waals surface area contributed by atoms with Gasteiger partial charge in [0.1, 0.15) is 0 Å². The molecule has 1 aromatic heterocycles. The first-order valence-corrected chi connectivity index (χ1v) is 4.88. The van der Waals surface area contributed by atoms with Crippen LogP contribution in [0.5, 0.6) is 0 Å². The fraction of sp³-hybridized carbons (Fsp3) is 0.167. The maximum absolute atomic E-state index is 12.0. The molecule has 0 spiro atoms. The predicted octanol–water partition coefficient (Wildman–Crippen LogP) is 2.04. The molecule has 0 saturated carbocycles. The quantitative estimate of drug-likeness (QED) is 0.667. The Kier molecular flexibility index (Phi) is 2.37. The van der Waals surface area contributed by atoms with Crippen LogP contribution >= 0.6 is 0 Å². The molecular weight excluding hydrogens is 202 g/mol. The van der Waals surface area contributed by atoms with E-state index in [1.54, 1.807) is 18.7 Å². The normalized spacial score (nSPS) is 10.1. The van der Waals surface area contributed by atoms with Gasteiger partial charge in [-0.2, -0.15) is 0 Å². The topological polar surface area (TPSA) is 31.3 Å². The Bertz CT molecular complexity index is 614. The highest BCUT2D eigenvalue weighted by Gasteiger charge is 2.15. The molecule has 1 aromatic carbocycles. The first-order valence-electron chi connectivity index (χ1n) is 4.88. The molecule has 1 heterocycles. The lowest BCUT2D eigenvalue weighted by Gasteiger charge is -2.08. The van der Waals surface area contributed by atoms with Crippen molar-refractivity contribution in [2.75, 3.05) is 0 Å². The monoisotopic (exact) mass is 213 g/mol. The first-order chi connectivity index (χ1) is 7.66. The summed E-state index contributed by atoms with van der Waals surface area (Å²) >= 11 is 0. The smallest absolute Gasteiger partial charge is 0.277 e. The van der Waals surface area contributed by atoms with Gasteiger partial charge < -0.3 is 0 Å². The summed E-state index contributed by atoms with van der Waals surface area (Å²) in [4.78, 5) is 15.2. The second-order valence-electron chi connectivity index (χ2n) is 3.52. The summed E-state index contributed by atoms with van der Waals surface area (Å²) < 4.78 is 3.20. The van der Waals surface area contributed by atoms with Gasteiger partial charge in [-0.3, -0.25) is 9.48 Å². The molecule has 0 saturated heterocycles. The van der Waals surface area contributed by atoms with E-state index in [2.05, 4.69) is 4.85 Å². The van der Waals surface area contributed by atoms with Crippen molar-refractivity contribution < 1.29 is 0 Å². The fourth-order valence-corrected chi connectivity index (χ4v) is 1.68. The summed E-state index contributed by atoms with van der Waals surface area (Å²) in [5, 5.41) is 0. The molecule has 0 atom stereocenters. The molecule has 2 aromatic rings. The van der Waals surface area contributed by atoms with Gasteiger partial charge in [-0.15, -0.1) is 0 Å². The molecule has 80 valence electrons. The van der Waals surface area contributed by atoms with Crippen molar-refractivity contribution >= 4 is 5.69 Å². The Morgan fingerprint density at radius 2 is 1.88 bits per heavy atom. The molecular formula is C12H11N3O. The number of hydrogen-bond acceptors (Lipinski definition) is 1. The molecule has 0 radical (unpaired) electrons. The van der Waals surface area contributed by atoms with Crippen LogP contribution in [0.4, 0.5) is 5.69 Å². The minimum Gasteiger partial charge on any atom is -0.297 e. The standard InChI is InChI=1S/C12H11N3O/c1-9-11(13-2)12(16)15(14(9)3)10-7-5-4-6-8-10/h4-8H,1,3H3. The third-order valence-corrected chi connectivity index (χ3v) is 2.64. The summed E-state index contributed by atoms with van der Waals surface area (Å²) in [7, 11) is 1.78. The third-order valence-electron chi connectivity index (χ3n) is 2.64. The van der Waals surface area contributed by atoms with E-state index in [0.717, 1.165) is 5.69 Å². The molecule has 0 aliphatic rings. The van der Waals surface area contributed by atoms with Crippen LogP contribution in [0.3, 0.4) is 0 Å². The number of nitrogens with zero attached hydrogens (tertiary/aromatic N) is 3. The van der Waals surface area contributed by atoms with Gasteiger partial charge in [-0.05, 0) is 19.1 Å². The van der Waals surface area contributed by atoms with Gasteiger partial charge >= 0.3 is 0 Å². The van der Waals surface area contributed by atoms with Crippen molar-refractivity contribution in [1.29, 1.82) is 0 Å². The van der Waals surface area contributed by atoms with E-state index in [0.29, 0.717) is 5.69 Å². The van der Waals surface area contributed by atoms with E-state index >= 15 is 0 Å². The van der Waals surface area contributed by atoms with Gasteiger partial charge in [0.25, 0.3) is 11.2 Å². The lowest BCUT2D eigenvalue weighted by atomic mass is 10.3. The Hall–Kier alpha value is -2.28. The van der Waals surface area contributed by atoms with E-state index in [9.17, 15) is 4.79 Å². The van der Waals surface area contributed by atoms with Gasteiger partial charge in [0, 0.05) is 12.7 Å². The zero-order chi connectivity index (χ0) is 11.7. The van der Waals surface area contributed by atoms with Gasteiger partial charge in [-0.25, -0.2) is 9.53 Å². The van der Waals surface area contributed by atoms with Gasteiger partial charge in [0.2, 0.25) is 0 Å². The van der Waals surface area contributed by atoms with Crippen molar-refractivity contribution in [3.63, 3.8) is 0 Å². The van der Waals surface area contributed by atoms with Crippen molar-refractivity contribution in [2.24, 2.45) is 7.05 Å². The molecule has 16 heavy (non-hydrogen) atoms. The second kappa shape index (κ2) is 3.70. The van der Waals surface area contributed by atoms with Crippen LogP contribution in [0.2, 0.25) is 0 Å². The Labute approximate surface area is 93.2 Å². The molecule has 0 aliphatic carbocycles. The van der Waals surface area contributed by atoms with Crippen LogP contribution in [0.1, 0.15) is 5.69 Å². The van der Waals surface area contributed by atoms with E-state index in [1.165, 1.54) is 4.68 Å². The Morgan fingerprint density at radius 1 is 1.25 bits per heavy atom. The molecule has 4 nitrogen and oxygen atoms in total. The van der Waals surface area contributed by atoms with E-state index in [4.69, 9.17) is 6.57 Å². The van der Waals surface area contributed by atoms with E-state index in [-0.39, 0.29) is 11.2 Å². The summed E-state index contributed by atoms with van der Waals surface area (Å²) in [6.45, 7) is 8.77. The fourth-order valence-electron chi connectivity index (χ4n) is 1.68. The number of aromatic nitrogens is 2. The minimum absolute atomic E-state index is 0.186. The number of rotatable bonds is 1. The molecule has 0 unspecified atom stereocenters. The summed E-state index contributed by atoms with van der Waals surface area (Å²) in [6, 6.07) is 9.30. The van der Waals surface area contributed by atoms with Crippen molar-refractivity contribution in [3.8, 4) is 5.69 Å². The van der Waals surface area contributed by atoms with Crippen molar-refractivity contribution in [2.45, 2.75) is 6.92 Å². The number of hydrogen-bond donors (Lipinski definition) is 0. The maximum Gasteiger partial charge on any atom is 0.277 e. The van der Waals surface area contributed by atoms with E-state index in [1.807, 2.05) is 30.3 Å². The van der Waals surface area contributed by atoms with Crippen molar-refractivity contribution in [3.05, 3.63) is 57.8 Å². The summed E-state index contributed by atoms with van der Waals surface area (Å²) in [6.07, 6.45) is 0. The highest BCUT2D eigenvalue weighted by molar-refractivity contribution is 5.49. The lowest BCUT2D eigenvalue weighted by molar-refractivity contribution is 0.630. The van der Waals surface area contributed by atoms with Crippen LogP contribution in [0.25, 0.3) is 10.5 Å². The third kappa shape index (κ3) is 1.34. The van der Waals surface area contributed by atoms with Crippen LogP contribution in [-0.4, -0.2) is 9.36 Å².